The van der Waals surface area contributed by atoms with E-state index >= 15 is 0 Å². The fraction of sp³-hybridized carbons (Fsp3) is 0.500. The predicted molar refractivity (Wildman–Crippen MR) is 90.4 cm³/mol. The van der Waals surface area contributed by atoms with Crippen LogP contribution in [0.2, 0.25) is 0 Å². The zero-order valence-corrected chi connectivity index (χ0v) is 14.3. The Hall–Kier alpha value is -2.84. The Morgan fingerprint density at radius 2 is 1.80 bits per heavy atom. The first-order valence-electron chi connectivity index (χ1n) is 8.34. The molecule has 2 aromatic heterocycles. The third kappa shape index (κ3) is 3.81. The third-order valence-corrected chi connectivity index (χ3v) is 4.16. The highest BCUT2D eigenvalue weighted by molar-refractivity contribution is 5.94. The van der Waals surface area contributed by atoms with Gasteiger partial charge in [-0.25, -0.2) is 4.79 Å². The van der Waals surface area contributed by atoms with Crippen molar-refractivity contribution in [1.29, 1.82) is 0 Å². The van der Waals surface area contributed by atoms with Gasteiger partial charge in [0.15, 0.2) is 0 Å². The number of aromatic nitrogens is 4. The molecule has 3 heterocycles. The minimum absolute atomic E-state index is 0.131. The first-order valence-corrected chi connectivity index (χ1v) is 8.34. The van der Waals surface area contributed by atoms with E-state index in [4.69, 9.17) is 0 Å². The van der Waals surface area contributed by atoms with Gasteiger partial charge in [-0.3, -0.25) is 14.7 Å². The molecule has 0 radical (unpaired) electrons. The van der Waals surface area contributed by atoms with Gasteiger partial charge in [0, 0.05) is 38.1 Å². The molecule has 1 aliphatic rings. The molecule has 2 amide bonds. The molecule has 3 N–H and O–H groups in total. The second kappa shape index (κ2) is 6.96. The smallest absolute Gasteiger partial charge is 0.323 e. The average Bonchev–Trinajstić information content (AvgIpc) is 3.22. The van der Waals surface area contributed by atoms with E-state index in [1.54, 1.807) is 15.9 Å². The van der Waals surface area contributed by atoms with Gasteiger partial charge in [0.1, 0.15) is 11.4 Å². The number of carbonyl (C=O) groups excluding carboxylic acids is 2. The van der Waals surface area contributed by atoms with Crippen molar-refractivity contribution in [3.8, 4) is 0 Å². The minimum Gasteiger partial charge on any atom is -0.334 e. The van der Waals surface area contributed by atoms with Crippen LogP contribution in [0.3, 0.4) is 0 Å². The van der Waals surface area contributed by atoms with Gasteiger partial charge in [-0.15, -0.1) is 0 Å². The number of imidazole rings is 1. The summed E-state index contributed by atoms with van der Waals surface area (Å²) < 4.78 is 0. The normalized spacial score (nSPS) is 15.0. The fourth-order valence-electron chi connectivity index (χ4n) is 2.91. The highest BCUT2D eigenvalue weighted by atomic mass is 16.2. The molecule has 0 spiro atoms. The Bertz CT molecular complexity index is 810. The Labute approximate surface area is 144 Å². The van der Waals surface area contributed by atoms with E-state index in [2.05, 4.69) is 34.0 Å². The van der Waals surface area contributed by atoms with E-state index in [1.807, 2.05) is 0 Å². The lowest BCUT2D eigenvalue weighted by molar-refractivity contribution is 0.0529. The van der Waals surface area contributed by atoms with Crippen LogP contribution in [0, 0.1) is 5.92 Å². The van der Waals surface area contributed by atoms with Crippen molar-refractivity contribution in [1.82, 2.24) is 30.0 Å². The molecule has 3 rings (SSSR count). The van der Waals surface area contributed by atoms with Crippen LogP contribution in [0.4, 0.5) is 0 Å². The van der Waals surface area contributed by atoms with Gasteiger partial charge in [-0.2, -0.15) is 5.10 Å². The van der Waals surface area contributed by atoms with Crippen LogP contribution in [-0.2, 0) is 6.42 Å². The quantitative estimate of drug-likeness (QED) is 0.734. The van der Waals surface area contributed by atoms with Crippen LogP contribution in [0.15, 0.2) is 17.1 Å². The molecule has 1 fully saturated rings. The molecule has 0 unspecified atom stereocenters. The van der Waals surface area contributed by atoms with Crippen molar-refractivity contribution in [3.63, 3.8) is 0 Å². The summed E-state index contributed by atoms with van der Waals surface area (Å²) in [5.74, 6) is 0.107. The van der Waals surface area contributed by atoms with Crippen molar-refractivity contribution in [2.24, 2.45) is 5.92 Å². The van der Waals surface area contributed by atoms with Crippen LogP contribution in [0.25, 0.3) is 0 Å². The van der Waals surface area contributed by atoms with Crippen LogP contribution in [0.5, 0.6) is 0 Å². The molecule has 2 aromatic rings. The molecule has 0 aliphatic carbocycles. The van der Waals surface area contributed by atoms with E-state index in [0.717, 1.165) is 12.1 Å². The van der Waals surface area contributed by atoms with E-state index < -0.39 is 5.69 Å². The van der Waals surface area contributed by atoms with E-state index in [1.165, 1.54) is 6.20 Å². The maximum atomic E-state index is 12.5. The van der Waals surface area contributed by atoms with Gasteiger partial charge in [0.05, 0.1) is 0 Å². The lowest BCUT2D eigenvalue weighted by Gasteiger charge is -2.34. The molecule has 0 aromatic carbocycles. The lowest BCUT2D eigenvalue weighted by atomic mass is 10.1. The number of rotatable bonds is 4. The molecule has 1 saturated heterocycles. The van der Waals surface area contributed by atoms with Gasteiger partial charge < -0.3 is 19.8 Å². The van der Waals surface area contributed by atoms with Crippen LogP contribution >= 0.6 is 0 Å². The number of aromatic amines is 3. The summed E-state index contributed by atoms with van der Waals surface area (Å²) in [5, 5.41) is 7.02. The Morgan fingerprint density at radius 1 is 1.16 bits per heavy atom. The average molecular weight is 346 g/mol. The van der Waals surface area contributed by atoms with Crippen LogP contribution in [0.1, 0.15) is 40.5 Å². The Kier molecular flexibility index (Phi) is 4.73. The van der Waals surface area contributed by atoms with E-state index in [-0.39, 0.29) is 17.5 Å². The molecule has 9 heteroatoms. The maximum Gasteiger partial charge on any atom is 0.323 e. The zero-order chi connectivity index (χ0) is 18.0. The van der Waals surface area contributed by atoms with Crippen molar-refractivity contribution in [2.45, 2.75) is 20.3 Å². The lowest BCUT2D eigenvalue weighted by Crippen LogP contribution is -2.50. The summed E-state index contributed by atoms with van der Waals surface area (Å²) in [6, 6.07) is 1.80. The molecule has 0 bridgehead atoms. The molecule has 134 valence electrons. The first kappa shape index (κ1) is 17.0. The van der Waals surface area contributed by atoms with Gasteiger partial charge >= 0.3 is 5.69 Å². The summed E-state index contributed by atoms with van der Waals surface area (Å²) in [6.07, 6.45) is 2.21. The number of carbonyl (C=O) groups is 2. The Balaban J connectivity index is 1.58. The van der Waals surface area contributed by atoms with Crippen molar-refractivity contribution in [3.05, 3.63) is 39.8 Å². The summed E-state index contributed by atoms with van der Waals surface area (Å²) in [6.45, 7) is 5.92. The van der Waals surface area contributed by atoms with Crippen LogP contribution < -0.4 is 5.69 Å². The molecular weight excluding hydrogens is 324 g/mol. The number of H-pyrrole nitrogens is 3. The van der Waals surface area contributed by atoms with Crippen molar-refractivity contribution >= 4 is 11.8 Å². The van der Waals surface area contributed by atoms with Crippen molar-refractivity contribution in [2.75, 3.05) is 26.2 Å². The molecular formula is C16H22N6O3. The molecule has 0 atom stereocenters. The third-order valence-electron chi connectivity index (χ3n) is 4.16. The predicted octanol–water partition coefficient (Wildman–Crippen LogP) is 0.223. The highest BCUT2D eigenvalue weighted by Crippen LogP contribution is 2.12. The van der Waals surface area contributed by atoms with Crippen molar-refractivity contribution < 1.29 is 9.59 Å². The number of hydrogen-bond acceptors (Lipinski definition) is 4. The summed E-state index contributed by atoms with van der Waals surface area (Å²) >= 11 is 0. The largest absolute Gasteiger partial charge is 0.334 e. The second-order valence-electron chi connectivity index (χ2n) is 6.62. The molecule has 25 heavy (non-hydrogen) atoms. The van der Waals surface area contributed by atoms with Gasteiger partial charge in [-0.05, 0) is 18.4 Å². The van der Waals surface area contributed by atoms with E-state index in [9.17, 15) is 14.4 Å². The van der Waals surface area contributed by atoms with Gasteiger partial charge in [0.25, 0.3) is 11.8 Å². The van der Waals surface area contributed by atoms with E-state index in [0.29, 0.717) is 37.8 Å². The first-order chi connectivity index (χ1) is 11.9. The van der Waals surface area contributed by atoms with Gasteiger partial charge in [-0.1, -0.05) is 13.8 Å². The highest BCUT2D eigenvalue weighted by Gasteiger charge is 2.27. The molecule has 1 aliphatic heterocycles. The Morgan fingerprint density at radius 3 is 2.36 bits per heavy atom. The second-order valence-corrected chi connectivity index (χ2v) is 6.62. The SMILES string of the molecule is CC(C)Cc1cc(C(=O)N2CCN(C(=O)c3c[nH]c(=O)[nH]3)CC2)n[nH]1. The number of amides is 2. The van der Waals surface area contributed by atoms with Gasteiger partial charge in [0.2, 0.25) is 0 Å². The summed E-state index contributed by atoms with van der Waals surface area (Å²) in [7, 11) is 0. The number of nitrogens with one attached hydrogen (secondary N) is 3. The molecule has 9 nitrogen and oxygen atoms in total. The monoisotopic (exact) mass is 346 g/mol. The topological polar surface area (TPSA) is 118 Å². The molecule has 0 saturated carbocycles. The maximum absolute atomic E-state index is 12.5. The minimum atomic E-state index is -0.409. The summed E-state index contributed by atoms with van der Waals surface area (Å²) in [4.78, 5) is 44.1. The number of nitrogens with zero attached hydrogens (tertiary/aromatic N) is 3. The van der Waals surface area contributed by atoms with Crippen LogP contribution in [-0.4, -0.2) is 68.0 Å². The number of hydrogen-bond donors (Lipinski definition) is 3. The zero-order valence-electron chi connectivity index (χ0n) is 14.3. The standard InChI is InChI=1S/C16H22N6O3/c1-10(2)7-11-8-12(20-19-11)14(23)21-3-5-22(6-4-21)15(24)13-9-17-16(25)18-13/h8-10H,3-7H2,1-2H3,(H,19,20)(H2,17,18,25). The number of piperazine rings is 1. The fourth-order valence-corrected chi connectivity index (χ4v) is 2.91. The summed E-state index contributed by atoms with van der Waals surface area (Å²) in [5.41, 5.74) is 1.18.